The van der Waals surface area contributed by atoms with Crippen LogP contribution in [-0.4, -0.2) is 0 Å². The van der Waals surface area contributed by atoms with Crippen molar-refractivity contribution in [2.45, 2.75) is 6.04 Å². The van der Waals surface area contributed by atoms with Crippen LogP contribution in [0.3, 0.4) is 0 Å². The molecule has 1 heterocycles. The molecule has 0 radical (unpaired) electrons. The minimum Gasteiger partial charge on any atom is -0.456 e. The molecular formula is C15H11ClFNO. The van der Waals surface area contributed by atoms with Gasteiger partial charge in [-0.3, -0.25) is 0 Å². The van der Waals surface area contributed by atoms with Crippen LogP contribution in [0.4, 0.5) is 4.39 Å². The third-order valence-electron chi connectivity index (χ3n) is 3.05. The molecule has 3 aromatic rings. The first-order chi connectivity index (χ1) is 9.15. The standard InChI is InChI=1S/C15H11ClFNO/c16-11-6-4-9(5-7-11)14(18)13-8-10-2-1-3-12(17)15(10)19-13/h1-8,14H,18H2. The fraction of sp³-hybridized carbons (Fsp3) is 0.0667. The molecule has 4 heteroatoms. The summed E-state index contributed by atoms with van der Waals surface area (Å²) in [5.74, 6) is 0.148. The van der Waals surface area contributed by atoms with E-state index in [4.69, 9.17) is 21.8 Å². The lowest BCUT2D eigenvalue weighted by Crippen LogP contribution is -2.10. The summed E-state index contributed by atoms with van der Waals surface area (Å²) in [4.78, 5) is 0. The van der Waals surface area contributed by atoms with Crippen molar-refractivity contribution in [3.8, 4) is 0 Å². The summed E-state index contributed by atoms with van der Waals surface area (Å²) in [6.45, 7) is 0. The van der Waals surface area contributed by atoms with Gasteiger partial charge in [-0.25, -0.2) is 4.39 Å². The zero-order valence-corrected chi connectivity index (χ0v) is 10.7. The van der Waals surface area contributed by atoms with Crippen LogP contribution >= 0.6 is 11.6 Å². The number of fused-ring (bicyclic) bond motifs is 1. The summed E-state index contributed by atoms with van der Waals surface area (Å²) in [6, 6.07) is 13.3. The molecule has 0 amide bonds. The van der Waals surface area contributed by atoms with Gasteiger partial charge in [0.05, 0.1) is 6.04 Å². The van der Waals surface area contributed by atoms with E-state index in [0.717, 1.165) is 5.56 Å². The number of benzene rings is 2. The van der Waals surface area contributed by atoms with Gasteiger partial charge in [0.25, 0.3) is 0 Å². The van der Waals surface area contributed by atoms with E-state index in [1.54, 1.807) is 30.3 Å². The minimum absolute atomic E-state index is 0.238. The second-order valence-corrected chi connectivity index (χ2v) is 4.77. The van der Waals surface area contributed by atoms with Crippen LogP contribution < -0.4 is 5.73 Å². The molecule has 1 unspecified atom stereocenters. The van der Waals surface area contributed by atoms with Gasteiger partial charge in [0.2, 0.25) is 0 Å². The molecule has 1 atom stereocenters. The monoisotopic (exact) mass is 275 g/mol. The Morgan fingerprint density at radius 1 is 1.11 bits per heavy atom. The molecule has 96 valence electrons. The summed E-state index contributed by atoms with van der Waals surface area (Å²) >= 11 is 5.83. The SMILES string of the molecule is NC(c1ccc(Cl)cc1)c1cc2cccc(F)c2o1. The lowest BCUT2D eigenvalue weighted by atomic mass is 10.1. The van der Waals surface area contributed by atoms with E-state index in [2.05, 4.69) is 0 Å². The van der Waals surface area contributed by atoms with Gasteiger partial charge < -0.3 is 10.2 Å². The first kappa shape index (κ1) is 12.2. The van der Waals surface area contributed by atoms with Crippen molar-refractivity contribution in [2.24, 2.45) is 5.73 Å². The first-order valence-electron chi connectivity index (χ1n) is 5.84. The van der Waals surface area contributed by atoms with E-state index in [1.165, 1.54) is 6.07 Å². The Morgan fingerprint density at radius 3 is 2.53 bits per heavy atom. The topological polar surface area (TPSA) is 39.2 Å². The second-order valence-electron chi connectivity index (χ2n) is 4.34. The van der Waals surface area contributed by atoms with Crippen molar-refractivity contribution in [3.05, 3.63) is 70.7 Å². The first-order valence-corrected chi connectivity index (χ1v) is 6.22. The summed E-state index contributed by atoms with van der Waals surface area (Å²) in [6.07, 6.45) is 0. The van der Waals surface area contributed by atoms with Crippen LogP contribution in [0.25, 0.3) is 11.0 Å². The minimum atomic E-state index is -0.441. The van der Waals surface area contributed by atoms with Gasteiger partial charge in [-0.1, -0.05) is 35.9 Å². The van der Waals surface area contributed by atoms with Crippen LogP contribution in [0.5, 0.6) is 0 Å². The van der Waals surface area contributed by atoms with Gasteiger partial charge in [-0.05, 0) is 29.8 Å². The molecule has 0 aliphatic heterocycles. The molecule has 2 nitrogen and oxygen atoms in total. The maximum atomic E-state index is 13.6. The normalized spacial score (nSPS) is 12.8. The van der Waals surface area contributed by atoms with Crippen molar-refractivity contribution in [3.63, 3.8) is 0 Å². The molecular weight excluding hydrogens is 265 g/mol. The summed E-state index contributed by atoms with van der Waals surface area (Å²) in [7, 11) is 0. The highest BCUT2D eigenvalue weighted by atomic mass is 35.5. The molecule has 0 bridgehead atoms. The quantitative estimate of drug-likeness (QED) is 0.758. The molecule has 19 heavy (non-hydrogen) atoms. The number of furan rings is 1. The summed E-state index contributed by atoms with van der Waals surface area (Å²) in [5, 5.41) is 1.35. The second kappa shape index (κ2) is 4.68. The molecule has 2 N–H and O–H groups in total. The van der Waals surface area contributed by atoms with E-state index in [1.807, 2.05) is 12.1 Å². The molecule has 0 fully saturated rings. The number of halogens is 2. The maximum Gasteiger partial charge on any atom is 0.169 e. The Morgan fingerprint density at radius 2 is 1.84 bits per heavy atom. The fourth-order valence-corrected chi connectivity index (χ4v) is 2.16. The Kier molecular flexibility index (Phi) is 3.01. The lowest BCUT2D eigenvalue weighted by Gasteiger charge is -2.08. The van der Waals surface area contributed by atoms with Crippen molar-refractivity contribution in [1.82, 2.24) is 0 Å². The largest absolute Gasteiger partial charge is 0.456 e. The highest BCUT2D eigenvalue weighted by Gasteiger charge is 2.15. The number of hydrogen-bond donors (Lipinski definition) is 1. The average molecular weight is 276 g/mol. The zero-order valence-electron chi connectivity index (χ0n) is 9.94. The van der Waals surface area contributed by atoms with Crippen LogP contribution in [0.15, 0.2) is 52.9 Å². The van der Waals surface area contributed by atoms with Crippen molar-refractivity contribution in [2.75, 3.05) is 0 Å². The molecule has 0 spiro atoms. The average Bonchev–Trinajstić information content (AvgIpc) is 2.84. The zero-order chi connectivity index (χ0) is 13.4. The van der Waals surface area contributed by atoms with Crippen LogP contribution in [0.1, 0.15) is 17.4 Å². The maximum absolute atomic E-state index is 13.6. The Balaban J connectivity index is 2.04. The Labute approximate surface area is 114 Å². The number of nitrogens with two attached hydrogens (primary N) is 1. The third kappa shape index (κ3) is 2.23. The summed E-state index contributed by atoms with van der Waals surface area (Å²) < 4.78 is 19.1. The van der Waals surface area contributed by atoms with Gasteiger partial charge in [-0.15, -0.1) is 0 Å². The highest BCUT2D eigenvalue weighted by Crippen LogP contribution is 2.28. The predicted molar refractivity (Wildman–Crippen MR) is 73.7 cm³/mol. The number of hydrogen-bond acceptors (Lipinski definition) is 2. The van der Waals surface area contributed by atoms with Crippen molar-refractivity contribution < 1.29 is 8.81 Å². The molecule has 1 aromatic heterocycles. The molecule has 0 saturated carbocycles. The van der Waals surface area contributed by atoms with E-state index in [-0.39, 0.29) is 11.4 Å². The summed E-state index contributed by atoms with van der Waals surface area (Å²) in [5.41, 5.74) is 7.22. The van der Waals surface area contributed by atoms with E-state index < -0.39 is 6.04 Å². The van der Waals surface area contributed by atoms with Gasteiger partial charge in [0, 0.05) is 10.4 Å². The van der Waals surface area contributed by atoms with E-state index >= 15 is 0 Å². The molecule has 0 aliphatic rings. The Hall–Kier alpha value is -1.84. The smallest absolute Gasteiger partial charge is 0.169 e. The van der Waals surface area contributed by atoms with Crippen LogP contribution in [-0.2, 0) is 0 Å². The van der Waals surface area contributed by atoms with Crippen LogP contribution in [0.2, 0.25) is 5.02 Å². The molecule has 0 saturated heterocycles. The molecule has 3 rings (SSSR count). The lowest BCUT2D eigenvalue weighted by molar-refractivity contribution is 0.502. The van der Waals surface area contributed by atoms with Gasteiger partial charge >= 0.3 is 0 Å². The fourth-order valence-electron chi connectivity index (χ4n) is 2.04. The highest BCUT2D eigenvalue weighted by molar-refractivity contribution is 6.30. The van der Waals surface area contributed by atoms with Crippen molar-refractivity contribution >= 4 is 22.6 Å². The Bertz CT molecular complexity index is 721. The number of para-hydroxylation sites is 1. The van der Waals surface area contributed by atoms with Crippen molar-refractivity contribution in [1.29, 1.82) is 0 Å². The van der Waals surface area contributed by atoms with Gasteiger partial charge in [-0.2, -0.15) is 0 Å². The molecule has 0 aliphatic carbocycles. The van der Waals surface area contributed by atoms with Crippen LogP contribution in [0, 0.1) is 5.82 Å². The van der Waals surface area contributed by atoms with Gasteiger partial charge in [0.1, 0.15) is 5.76 Å². The predicted octanol–water partition coefficient (Wildman–Crippen LogP) is 4.27. The van der Waals surface area contributed by atoms with E-state index in [9.17, 15) is 4.39 Å². The van der Waals surface area contributed by atoms with E-state index in [0.29, 0.717) is 16.2 Å². The molecule has 2 aromatic carbocycles. The van der Waals surface area contributed by atoms with Gasteiger partial charge in [0.15, 0.2) is 11.4 Å². The third-order valence-corrected chi connectivity index (χ3v) is 3.30. The number of rotatable bonds is 2.